The molecule has 0 saturated carbocycles. The first kappa shape index (κ1) is 15.8. The SMILES string of the molecule is CCS(=O)(=O)C1CSCCN1C(CN)c1ccccc1. The molecule has 2 atom stereocenters. The first-order valence-corrected chi connectivity index (χ1v) is 9.77. The van der Waals surface area contributed by atoms with Crippen LogP contribution in [-0.4, -0.2) is 49.0 Å². The summed E-state index contributed by atoms with van der Waals surface area (Å²) in [5.41, 5.74) is 7.03. The molecule has 1 aliphatic rings. The Kier molecular flexibility index (Phi) is 5.49. The quantitative estimate of drug-likeness (QED) is 0.892. The molecule has 1 aliphatic heterocycles. The lowest BCUT2D eigenvalue weighted by Crippen LogP contribution is -2.50. The minimum absolute atomic E-state index is 0.0246. The summed E-state index contributed by atoms with van der Waals surface area (Å²) < 4.78 is 24.6. The molecule has 6 heteroatoms. The van der Waals surface area contributed by atoms with Crippen molar-refractivity contribution in [3.8, 4) is 0 Å². The number of thioether (sulfide) groups is 1. The predicted molar refractivity (Wildman–Crippen MR) is 85.5 cm³/mol. The van der Waals surface area contributed by atoms with E-state index in [9.17, 15) is 8.42 Å². The van der Waals surface area contributed by atoms with Crippen LogP contribution >= 0.6 is 11.8 Å². The lowest BCUT2D eigenvalue weighted by molar-refractivity contribution is 0.197. The molecule has 2 N–H and O–H groups in total. The topological polar surface area (TPSA) is 63.4 Å². The van der Waals surface area contributed by atoms with Gasteiger partial charge in [-0.15, -0.1) is 0 Å². The van der Waals surface area contributed by atoms with Gasteiger partial charge in [-0.2, -0.15) is 11.8 Å². The van der Waals surface area contributed by atoms with E-state index < -0.39 is 15.2 Å². The summed E-state index contributed by atoms with van der Waals surface area (Å²) in [5, 5.41) is -0.417. The molecular weight excluding hydrogens is 292 g/mol. The van der Waals surface area contributed by atoms with Crippen molar-refractivity contribution in [2.45, 2.75) is 18.3 Å². The van der Waals surface area contributed by atoms with Crippen LogP contribution in [0.25, 0.3) is 0 Å². The molecule has 4 nitrogen and oxygen atoms in total. The minimum atomic E-state index is -3.08. The van der Waals surface area contributed by atoms with E-state index in [4.69, 9.17) is 5.73 Å². The van der Waals surface area contributed by atoms with Crippen LogP contribution in [0.15, 0.2) is 30.3 Å². The highest BCUT2D eigenvalue weighted by molar-refractivity contribution is 8.01. The van der Waals surface area contributed by atoms with Gasteiger partial charge in [-0.3, -0.25) is 4.90 Å². The number of nitrogens with two attached hydrogens (primary N) is 1. The van der Waals surface area contributed by atoms with Crippen molar-refractivity contribution in [1.82, 2.24) is 4.90 Å². The van der Waals surface area contributed by atoms with E-state index in [-0.39, 0.29) is 11.8 Å². The van der Waals surface area contributed by atoms with Gasteiger partial charge in [-0.25, -0.2) is 8.42 Å². The highest BCUT2D eigenvalue weighted by atomic mass is 32.2. The van der Waals surface area contributed by atoms with Gasteiger partial charge in [0.25, 0.3) is 0 Å². The Labute approximate surface area is 125 Å². The summed E-state index contributed by atoms with van der Waals surface area (Å²) in [4.78, 5) is 2.07. The molecule has 0 amide bonds. The molecule has 1 fully saturated rings. The molecule has 1 aromatic rings. The van der Waals surface area contributed by atoms with Crippen molar-refractivity contribution in [3.63, 3.8) is 0 Å². The van der Waals surface area contributed by atoms with E-state index in [1.165, 1.54) is 0 Å². The van der Waals surface area contributed by atoms with Crippen molar-refractivity contribution in [2.24, 2.45) is 5.73 Å². The van der Waals surface area contributed by atoms with Crippen LogP contribution in [0.1, 0.15) is 18.5 Å². The molecule has 1 aromatic carbocycles. The van der Waals surface area contributed by atoms with E-state index in [0.717, 1.165) is 17.9 Å². The van der Waals surface area contributed by atoms with Gasteiger partial charge in [0, 0.05) is 36.4 Å². The monoisotopic (exact) mass is 314 g/mol. The second-order valence-electron chi connectivity index (χ2n) is 4.88. The summed E-state index contributed by atoms with van der Waals surface area (Å²) in [6, 6.07) is 9.93. The fourth-order valence-electron chi connectivity index (χ4n) is 2.59. The van der Waals surface area contributed by atoms with Crippen molar-refractivity contribution < 1.29 is 8.42 Å². The Morgan fingerprint density at radius 2 is 2.10 bits per heavy atom. The maximum absolute atomic E-state index is 12.3. The number of rotatable bonds is 5. The molecule has 0 aliphatic carbocycles. The Morgan fingerprint density at radius 3 is 2.70 bits per heavy atom. The fourth-order valence-corrected chi connectivity index (χ4v) is 5.66. The molecule has 0 bridgehead atoms. The van der Waals surface area contributed by atoms with Crippen molar-refractivity contribution >= 4 is 21.6 Å². The normalized spacial score (nSPS) is 22.6. The highest BCUT2D eigenvalue weighted by Crippen LogP contribution is 2.30. The van der Waals surface area contributed by atoms with E-state index in [2.05, 4.69) is 4.90 Å². The number of hydrogen-bond donors (Lipinski definition) is 1. The molecule has 1 heterocycles. The van der Waals surface area contributed by atoms with Gasteiger partial charge in [-0.1, -0.05) is 37.3 Å². The van der Waals surface area contributed by atoms with Gasteiger partial charge < -0.3 is 5.73 Å². The molecule has 0 radical (unpaired) electrons. The Hall–Kier alpha value is -0.560. The molecule has 1 saturated heterocycles. The molecule has 2 unspecified atom stereocenters. The smallest absolute Gasteiger partial charge is 0.166 e. The van der Waals surface area contributed by atoms with E-state index >= 15 is 0 Å². The summed E-state index contributed by atoms with van der Waals surface area (Å²) in [6.07, 6.45) is 0. The Bertz CT molecular complexity index is 519. The zero-order valence-electron chi connectivity index (χ0n) is 11.7. The van der Waals surface area contributed by atoms with Crippen LogP contribution in [-0.2, 0) is 9.84 Å². The standard InChI is InChI=1S/C14H22N2O2S2/c1-2-20(17,18)14-11-19-9-8-16(14)13(10-15)12-6-4-3-5-7-12/h3-7,13-14H,2,8-11,15H2,1H3. The number of nitrogens with zero attached hydrogens (tertiary/aromatic N) is 1. The number of benzene rings is 1. The second kappa shape index (κ2) is 6.93. The van der Waals surface area contributed by atoms with E-state index in [0.29, 0.717) is 12.3 Å². The van der Waals surface area contributed by atoms with Crippen LogP contribution in [0.3, 0.4) is 0 Å². The number of hydrogen-bond acceptors (Lipinski definition) is 5. The maximum Gasteiger partial charge on any atom is 0.166 e. The summed E-state index contributed by atoms with van der Waals surface area (Å²) >= 11 is 1.71. The van der Waals surface area contributed by atoms with Gasteiger partial charge in [-0.05, 0) is 5.56 Å². The third kappa shape index (κ3) is 3.36. The zero-order valence-corrected chi connectivity index (χ0v) is 13.4. The van der Waals surface area contributed by atoms with Gasteiger partial charge in [0.2, 0.25) is 0 Å². The van der Waals surface area contributed by atoms with Crippen LogP contribution in [0, 0.1) is 0 Å². The second-order valence-corrected chi connectivity index (χ2v) is 8.48. The molecule has 20 heavy (non-hydrogen) atoms. The van der Waals surface area contributed by atoms with Crippen LogP contribution in [0.5, 0.6) is 0 Å². The molecule has 112 valence electrons. The van der Waals surface area contributed by atoms with Crippen LogP contribution in [0.4, 0.5) is 0 Å². The van der Waals surface area contributed by atoms with Crippen molar-refractivity contribution in [1.29, 1.82) is 0 Å². The average Bonchev–Trinajstić information content (AvgIpc) is 2.49. The van der Waals surface area contributed by atoms with Crippen molar-refractivity contribution in [3.05, 3.63) is 35.9 Å². The van der Waals surface area contributed by atoms with Crippen molar-refractivity contribution in [2.75, 3.05) is 30.3 Å². The summed E-state index contributed by atoms with van der Waals surface area (Å²) in [7, 11) is -3.08. The molecule has 0 aromatic heterocycles. The minimum Gasteiger partial charge on any atom is -0.329 e. The predicted octanol–water partition coefficient (Wildman–Crippen LogP) is 1.50. The van der Waals surface area contributed by atoms with Gasteiger partial charge in [0.15, 0.2) is 9.84 Å². The first-order valence-electron chi connectivity index (χ1n) is 6.90. The molecule has 0 spiro atoms. The van der Waals surface area contributed by atoms with Gasteiger partial charge in [0.1, 0.15) is 5.37 Å². The largest absolute Gasteiger partial charge is 0.329 e. The summed E-state index contributed by atoms with van der Waals surface area (Å²) in [6.45, 7) is 2.92. The first-order chi connectivity index (χ1) is 9.60. The maximum atomic E-state index is 12.3. The molecular formula is C14H22N2O2S2. The van der Waals surface area contributed by atoms with Crippen LogP contribution < -0.4 is 5.73 Å². The third-order valence-electron chi connectivity index (χ3n) is 3.75. The molecule has 2 rings (SSSR count). The van der Waals surface area contributed by atoms with Gasteiger partial charge in [0.05, 0.1) is 0 Å². The lowest BCUT2D eigenvalue weighted by Gasteiger charge is -2.40. The third-order valence-corrected chi connectivity index (χ3v) is 7.05. The van der Waals surface area contributed by atoms with E-state index in [1.807, 2.05) is 30.3 Å². The highest BCUT2D eigenvalue weighted by Gasteiger charge is 2.36. The Morgan fingerprint density at radius 1 is 1.40 bits per heavy atom. The lowest BCUT2D eigenvalue weighted by atomic mass is 10.1. The number of sulfone groups is 1. The summed E-state index contributed by atoms with van der Waals surface area (Å²) in [5.74, 6) is 1.78. The zero-order chi connectivity index (χ0) is 14.6. The van der Waals surface area contributed by atoms with E-state index in [1.54, 1.807) is 18.7 Å². The van der Waals surface area contributed by atoms with Crippen LogP contribution in [0.2, 0.25) is 0 Å². The fraction of sp³-hybridized carbons (Fsp3) is 0.571. The Balaban J connectivity index is 2.31. The average molecular weight is 314 g/mol. The van der Waals surface area contributed by atoms with Gasteiger partial charge >= 0.3 is 0 Å².